The van der Waals surface area contributed by atoms with Gasteiger partial charge in [-0.3, -0.25) is 18.6 Å². The van der Waals surface area contributed by atoms with E-state index in [1.807, 2.05) is 0 Å². The molecule has 0 radical (unpaired) electrons. The fraction of sp³-hybridized carbons (Fsp3) is 0.880. The lowest BCUT2D eigenvalue weighted by Gasteiger charge is -2.20. The van der Waals surface area contributed by atoms with Gasteiger partial charge in [-0.05, 0) is 64.2 Å². The molecular weight excluding hydrogens is 792 g/mol. The Labute approximate surface area is 374 Å². The van der Waals surface area contributed by atoms with Crippen LogP contribution in [0.2, 0.25) is 0 Å². The summed E-state index contributed by atoms with van der Waals surface area (Å²) in [5.74, 6) is -0.925. The minimum atomic E-state index is -4.62. The number of hydrogen-bond acceptors (Lipinski definition) is 9. The molecule has 3 N–H and O–H groups in total. The van der Waals surface area contributed by atoms with Gasteiger partial charge in [0.15, 0.2) is 6.10 Å². The molecule has 61 heavy (non-hydrogen) atoms. The van der Waals surface area contributed by atoms with Gasteiger partial charge in [-0.15, -0.1) is 0 Å². The van der Waals surface area contributed by atoms with Crippen molar-refractivity contribution in [2.24, 2.45) is 0 Å². The Bertz CT molecular complexity index is 1070. The number of allylic oxidation sites excluding steroid dienone is 4. The number of carbonyl (C=O) groups excluding carboxylic acids is 2. The number of phosphoric ester groups is 1. The zero-order chi connectivity index (χ0) is 44.8. The molecule has 0 rings (SSSR count). The van der Waals surface area contributed by atoms with E-state index in [2.05, 4.69) is 38.2 Å². The molecule has 0 spiro atoms. The van der Waals surface area contributed by atoms with Gasteiger partial charge in [0, 0.05) is 12.8 Å². The Morgan fingerprint density at radius 1 is 0.475 bits per heavy atom. The Kier molecular flexibility index (Phi) is 45.3. The van der Waals surface area contributed by atoms with Crippen molar-refractivity contribution >= 4 is 19.8 Å². The third kappa shape index (κ3) is 46.3. The molecule has 0 aliphatic heterocycles. The summed E-state index contributed by atoms with van der Waals surface area (Å²) in [5, 5.41) is 18.4. The minimum Gasteiger partial charge on any atom is -0.462 e. The van der Waals surface area contributed by atoms with E-state index in [1.54, 1.807) is 0 Å². The second-order valence-corrected chi connectivity index (χ2v) is 18.6. The van der Waals surface area contributed by atoms with E-state index in [4.69, 9.17) is 23.6 Å². The zero-order valence-corrected chi connectivity index (χ0v) is 40.3. The van der Waals surface area contributed by atoms with Crippen LogP contribution in [0.3, 0.4) is 0 Å². The number of carbonyl (C=O) groups is 2. The summed E-state index contributed by atoms with van der Waals surface area (Å²) in [7, 11) is -4.62. The third-order valence-corrected chi connectivity index (χ3v) is 12.0. The molecule has 0 aliphatic carbocycles. The van der Waals surface area contributed by atoms with Gasteiger partial charge < -0.3 is 24.6 Å². The number of aliphatic hydroxyl groups excluding tert-OH is 2. The molecule has 360 valence electrons. The van der Waals surface area contributed by atoms with Crippen LogP contribution in [0.25, 0.3) is 0 Å². The van der Waals surface area contributed by atoms with Crippen molar-refractivity contribution in [1.29, 1.82) is 0 Å². The molecule has 0 aromatic rings. The van der Waals surface area contributed by atoms with E-state index in [9.17, 15) is 24.2 Å². The summed E-state index contributed by atoms with van der Waals surface area (Å²) in [6.07, 6.45) is 48.6. The lowest BCUT2D eigenvalue weighted by atomic mass is 10.0. The summed E-state index contributed by atoms with van der Waals surface area (Å²) in [6.45, 7) is 2.40. The average Bonchev–Trinajstić information content (AvgIpc) is 3.25. The summed E-state index contributed by atoms with van der Waals surface area (Å²) in [4.78, 5) is 35.1. The average molecular weight is 887 g/mol. The van der Waals surface area contributed by atoms with Crippen LogP contribution in [0.5, 0.6) is 0 Å². The van der Waals surface area contributed by atoms with Crippen LogP contribution < -0.4 is 0 Å². The molecule has 10 nitrogen and oxygen atoms in total. The normalized spacial score (nSPS) is 13.9. The predicted octanol–water partition coefficient (Wildman–Crippen LogP) is 14.1. The molecule has 0 saturated carbocycles. The van der Waals surface area contributed by atoms with Crippen LogP contribution in [0.4, 0.5) is 0 Å². The molecule has 0 amide bonds. The Morgan fingerprint density at radius 2 is 0.803 bits per heavy atom. The summed E-state index contributed by atoms with van der Waals surface area (Å²) >= 11 is 0. The molecule has 11 heteroatoms. The van der Waals surface area contributed by atoms with Crippen LogP contribution in [0, 0.1) is 0 Å². The Balaban J connectivity index is 4.15. The first-order valence-corrected chi connectivity index (χ1v) is 26.8. The number of rotatable bonds is 48. The maximum absolute atomic E-state index is 12.7. The van der Waals surface area contributed by atoms with Gasteiger partial charge in [0.05, 0.1) is 19.8 Å². The first kappa shape index (κ1) is 59.5. The standard InChI is InChI=1S/C50H95O10P/c1-3-5-7-9-11-13-15-17-19-20-21-22-23-24-25-26-28-30-32-34-36-38-40-42-50(54)60-48(46-59-61(55,56)58-44-47(52)43-51)45-57-49(53)41-39-37-35-33-31-29-27-18-16-14-12-10-8-6-4-2/h18,20-21,27,47-48,51-52H,3-17,19,22-26,28-46H2,1-2H3,(H,55,56)/b21-20-,27-18-. The molecule has 0 fully saturated rings. The summed E-state index contributed by atoms with van der Waals surface area (Å²) < 4.78 is 32.8. The van der Waals surface area contributed by atoms with Crippen molar-refractivity contribution in [3.63, 3.8) is 0 Å². The maximum atomic E-state index is 12.7. The lowest BCUT2D eigenvalue weighted by molar-refractivity contribution is -0.161. The molecule has 3 atom stereocenters. The van der Waals surface area contributed by atoms with E-state index in [-0.39, 0.29) is 19.4 Å². The second-order valence-electron chi connectivity index (χ2n) is 17.2. The van der Waals surface area contributed by atoms with Crippen molar-refractivity contribution in [3.05, 3.63) is 24.3 Å². The molecule has 0 bridgehead atoms. The highest BCUT2D eigenvalue weighted by molar-refractivity contribution is 7.47. The molecule has 0 aromatic carbocycles. The highest BCUT2D eigenvalue weighted by atomic mass is 31.2. The Hall–Kier alpha value is -1.55. The SMILES string of the molecule is CCCCCCCC/C=C\CCCCCCCC(=O)OCC(COP(=O)(O)OCC(O)CO)OC(=O)CCCCCCCCCCCCC/C=C\CCCCCCCCCC. The number of unbranched alkanes of at least 4 members (excludes halogenated alkanes) is 30. The van der Waals surface area contributed by atoms with Gasteiger partial charge in [-0.1, -0.05) is 192 Å². The fourth-order valence-electron chi connectivity index (χ4n) is 7.16. The van der Waals surface area contributed by atoms with Crippen LogP contribution in [-0.4, -0.2) is 65.7 Å². The lowest BCUT2D eigenvalue weighted by Crippen LogP contribution is -2.29. The number of phosphoric acid groups is 1. The van der Waals surface area contributed by atoms with Crippen molar-refractivity contribution in [3.8, 4) is 0 Å². The predicted molar refractivity (Wildman–Crippen MR) is 252 cm³/mol. The largest absolute Gasteiger partial charge is 0.472 e. The van der Waals surface area contributed by atoms with E-state index in [0.717, 1.165) is 51.4 Å². The smallest absolute Gasteiger partial charge is 0.462 e. The van der Waals surface area contributed by atoms with E-state index < -0.39 is 51.8 Å². The quantitative estimate of drug-likeness (QED) is 0.0233. The number of hydrogen-bond donors (Lipinski definition) is 3. The van der Waals surface area contributed by atoms with Gasteiger partial charge >= 0.3 is 19.8 Å². The van der Waals surface area contributed by atoms with Gasteiger partial charge in [-0.25, -0.2) is 4.57 Å². The first-order chi connectivity index (χ1) is 29.7. The monoisotopic (exact) mass is 887 g/mol. The number of esters is 2. The van der Waals surface area contributed by atoms with Crippen LogP contribution in [0.15, 0.2) is 24.3 Å². The van der Waals surface area contributed by atoms with Gasteiger partial charge in [-0.2, -0.15) is 0 Å². The van der Waals surface area contributed by atoms with Gasteiger partial charge in [0.25, 0.3) is 0 Å². The van der Waals surface area contributed by atoms with Crippen LogP contribution in [0.1, 0.15) is 245 Å². The minimum absolute atomic E-state index is 0.184. The number of aliphatic hydroxyl groups is 2. The van der Waals surface area contributed by atoms with E-state index in [0.29, 0.717) is 12.8 Å². The fourth-order valence-corrected chi connectivity index (χ4v) is 7.95. The van der Waals surface area contributed by atoms with Gasteiger partial charge in [0.1, 0.15) is 12.7 Å². The third-order valence-electron chi connectivity index (χ3n) is 11.1. The van der Waals surface area contributed by atoms with Crippen molar-refractivity contribution in [1.82, 2.24) is 0 Å². The van der Waals surface area contributed by atoms with E-state index >= 15 is 0 Å². The molecule has 0 saturated heterocycles. The zero-order valence-electron chi connectivity index (χ0n) is 39.4. The molecule has 0 aromatic heterocycles. The maximum Gasteiger partial charge on any atom is 0.472 e. The topological polar surface area (TPSA) is 149 Å². The van der Waals surface area contributed by atoms with Gasteiger partial charge in [0.2, 0.25) is 0 Å². The van der Waals surface area contributed by atoms with Crippen molar-refractivity contribution < 1.29 is 47.8 Å². The molecular formula is C50H95O10P. The Morgan fingerprint density at radius 3 is 1.18 bits per heavy atom. The van der Waals surface area contributed by atoms with Crippen LogP contribution in [-0.2, 0) is 32.7 Å². The highest BCUT2D eigenvalue weighted by Gasteiger charge is 2.27. The molecule has 3 unspecified atom stereocenters. The number of ether oxygens (including phenoxy) is 2. The van der Waals surface area contributed by atoms with Crippen LogP contribution >= 0.6 is 7.82 Å². The second kappa shape index (κ2) is 46.4. The molecule has 0 heterocycles. The van der Waals surface area contributed by atoms with Crippen molar-refractivity contribution in [2.75, 3.05) is 26.4 Å². The first-order valence-electron chi connectivity index (χ1n) is 25.3. The highest BCUT2D eigenvalue weighted by Crippen LogP contribution is 2.43. The van der Waals surface area contributed by atoms with E-state index in [1.165, 1.54) is 154 Å². The molecule has 0 aliphatic rings. The summed E-state index contributed by atoms with van der Waals surface area (Å²) in [6, 6.07) is 0. The summed E-state index contributed by atoms with van der Waals surface area (Å²) in [5.41, 5.74) is 0. The van der Waals surface area contributed by atoms with Crippen molar-refractivity contribution in [2.45, 2.75) is 257 Å².